The quantitative estimate of drug-likeness (QED) is 0.475. The maximum atomic E-state index is 14.0. The molecule has 1 aliphatic heterocycles. The van der Waals surface area contributed by atoms with Crippen molar-refractivity contribution in [2.24, 2.45) is 0 Å². The summed E-state index contributed by atoms with van der Waals surface area (Å²) in [6.45, 7) is 3.45. The first-order chi connectivity index (χ1) is 15.8. The molecule has 0 bridgehead atoms. The number of halogens is 1. The molecule has 33 heavy (non-hydrogen) atoms. The van der Waals surface area contributed by atoms with Crippen molar-refractivity contribution in [3.8, 4) is 0 Å². The molecule has 176 valence electrons. The number of hydroxylamine groups is 2. The van der Waals surface area contributed by atoms with Gasteiger partial charge in [-0.3, -0.25) is 14.3 Å². The zero-order chi connectivity index (χ0) is 23.5. The SMILES string of the molecule is CC(C1=CCCC=C1F)N(O)C(=O)NC1=CCC(S(=O)Cc2ccc3c(c2)CN(C)C3)C=C1. The van der Waals surface area contributed by atoms with Crippen molar-refractivity contribution in [3.05, 3.63) is 82.4 Å². The van der Waals surface area contributed by atoms with Crippen LogP contribution in [0.4, 0.5) is 9.18 Å². The fourth-order valence-electron chi connectivity index (χ4n) is 4.39. The molecule has 0 spiro atoms. The Morgan fingerprint density at radius 3 is 2.76 bits per heavy atom. The van der Waals surface area contributed by atoms with E-state index in [0.29, 0.717) is 41.3 Å². The molecule has 2 N–H and O–H groups in total. The summed E-state index contributed by atoms with van der Waals surface area (Å²) in [5.74, 6) is 0.0792. The van der Waals surface area contributed by atoms with Gasteiger partial charge in [0, 0.05) is 40.9 Å². The number of amides is 2. The van der Waals surface area contributed by atoms with E-state index in [1.165, 1.54) is 17.2 Å². The van der Waals surface area contributed by atoms with E-state index < -0.39 is 28.7 Å². The van der Waals surface area contributed by atoms with Gasteiger partial charge in [0.1, 0.15) is 5.83 Å². The van der Waals surface area contributed by atoms with Crippen LogP contribution >= 0.6 is 0 Å². The van der Waals surface area contributed by atoms with Crippen LogP contribution in [0.15, 0.2) is 65.7 Å². The molecule has 8 heteroatoms. The monoisotopic (exact) mass is 471 g/mol. The fourth-order valence-corrected chi connectivity index (χ4v) is 5.68. The number of carbonyl (C=O) groups is 1. The van der Waals surface area contributed by atoms with Crippen molar-refractivity contribution < 1.29 is 18.6 Å². The second kappa shape index (κ2) is 10.2. The standard InChI is InChI=1S/C25H30FN3O3S/c1-17(23-5-3-4-6-24(23)26)29(31)25(30)27-21-9-11-22(12-10-21)33(32)16-18-7-8-19-14-28(2)15-20(19)13-18/h5-11,13,17,22,31H,3-4,12,14-16H2,1-2H3,(H,27,30). The first-order valence-corrected chi connectivity index (χ1v) is 12.6. The van der Waals surface area contributed by atoms with E-state index in [4.69, 9.17) is 0 Å². The van der Waals surface area contributed by atoms with Gasteiger partial charge in [-0.15, -0.1) is 0 Å². The van der Waals surface area contributed by atoms with Gasteiger partial charge in [-0.05, 0) is 62.1 Å². The van der Waals surface area contributed by atoms with E-state index in [-0.39, 0.29) is 5.25 Å². The van der Waals surface area contributed by atoms with Crippen molar-refractivity contribution in [1.29, 1.82) is 0 Å². The third kappa shape index (κ3) is 5.51. The summed E-state index contributed by atoms with van der Waals surface area (Å²) < 4.78 is 26.9. The lowest BCUT2D eigenvalue weighted by Gasteiger charge is -2.26. The molecule has 0 aromatic heterocycles. The molecule has 0 radical (unpaired) electrons. The Labute approximate surface area is 196 Å². The second-order valence-corrected chi connectivity index (χ2v) is 10.5. The Morgan fingerprint density at radius 1 is 1.27 bits per heavy atom. The molecule has 0 fully saturated rings. The zero-order valence-electron chi connectivity index (χ0n) is 19.0. The number of rotatable bonds is 6. The summed E-state index contributed by atoms with van der Waals surface area (Å²) in [4.78, 5) is 14.7. The van der Waals surface area contributed by atoms with Gasteiger partial charge < -0.3 is 5.32 Å². The molecule has 1 heterocycles. The number of hydrogen-bond donors (Lipinski definition) is 2. The number of benzene rings is 1. The van der Waals surface area contributed by atoms with Gasteiger partial charge in [0.15, 0.2) is 0 Å². The van der Waals surface area contributed by atoms with Crippen molar-refractivity contribution in [2.45, 2.75) is 56.3 Å². The number of urea groups is 1. The predicted molar refractivity (Wildman–Crippen MR) is 127 cm³/mol. The van der Waals surface area contributed by atoms with Gasteiger partial charge in [-0.1, -0.05) is 36.4 Å². The Bertz CT molecular complexity index is 1080. The van der Waals surface area contributed by atoms with Gasteiger partial charge in [0.05, 0.1) is 11.3 Å². The highest BCUT2D eigenvalue weighted by Gasteiger charge is 2.26. The van der Waals surface area contributed by atoms with Crippen LogP contribution in [0.25, 0.3) is 0 Å². The summed E-state index contributed by atoms with van der Waals surface area (Å²) in [5.41, 5.74) is 4.54. The summed E-state index contributed by atoms with van der Waals surface area (Å²) in [6.07, 6.45) is 10.3. The minimum atomic E-state index is -1.09. The highest BCUT2D eigenvalue weighted by Crippen LogP contribution is 2.26. The molecule has 3 unspecified atom stereocenters. The number of allylic oxidation sites excluding steroid dienone is 4. The molecule has 3 aliphatic rings. The molecular formula is C25H30FN3O3S. The smallest absolute Gasteiger partial charge is 0.306 e. The highest BCUT2D eigenvalue weighted by molar-refractivity contribution is 7.85. The molecule has 1 aromatic carbocycles. The molecule has 2 amide bonds. The number of nitrogens with zero attached hydrogens (tertiary/aromatic N) is 2. The van der Waals surface area contributed by atoms with Crippen LogP contribution in [0.3, 0.4) is 0 Å². The lowest BCUT2D eigenvalue weighted by atomic mass is 10.00. The molecule has 0 saturated heterocycles. The average Bonchev–Trinajstić information content (AvgIpc) is 3.18. The summed E-state index contributed by atoms with van der Waals surface area (Å²) >= 11 is 0. The van der Waals surface area contributed by atoms with Gasteiger partial charge >= 0.3 is 6.03 Å². The van der Waals surface area contributed by atoms with Crippen LogP contribution in [0.2, 0.25) is 0 Å². The Morgan fingerprint density at radius 2 is 2.03 bits per heavy atom. The van der Waals surface area contributed by atoms with Crippen LogP contribution in [-0.4, -0.2) is 43.7 Å². The first-order valence-electron chi connectivity index (χ1n) is 11.2. The molecule has 3 atom stereocenters. The van der Waals surface area contributed by atoms with Crippen molar-refractivity contribution in [1.82, 2.24) is 15.3 Å². The predicted octanol–water partition coefficient (Wildman–Crippen LogP) is 4.46. The minimum Gasteiger partial charge on any atom is -0.306 e. The van der Waals surface area contributed by atoms with Gasteiger partial charge in [-0.2, -0.15) is 5.06 Å². The Balaban J connectivity index is 1.30. The lowest BCUT2D eigenvalue weighted by molar-refractivity contribution is -0.0620. The Kier molecular flexibility index (Phi) is 7.26. The van der Waals surface area contributed by atoms with E-state index >= 15 is 0 Å². The maximum Gasteiger partial charge on any atom is 0.346 e. The molecule has 0 saturated carbocycles. The van der Waals surface area contributed by atoms with E-state index in [9.17, 15) is 18.6 Å². The molecule has 4 rings (SSSR count). The van der Waals surface area contributed by atoms with Crippen LogP contribution < -0.4 is 5.32 Å². The van der Waals surface area contributed by atoms with Crippen molar-refractivity contribution >= 4 is 16.8 Å². The van der Waals surface area contributed by atoms with Crippen LogP contribution in [0.1, 0.15) is 42.9 Å². The maximum absolute atomic E-state index is 14.0. The largest absolute Gasteiger partial charge is 0.346 e. The van der Waals surface area contributed by atoms with E-state index in [1.54, 1.807) is 25.2 Å². The number of carbonyl (C=O) groups excluding carboxylic acids is 1. The van der Waals surface area contributed by atoms with Gasteiger partial charge in [-0.25, -0.2) is 9.18 Å². The van der Waals surface area contributed by atoms with Crippen molar-refractivity contribution in [3.63, 3.8) is 0 Å². The Hall–Kier alpha value is -2.55. The zero-order valence-corrected chi connectivity index (χ0v) is 19.8. The van der Waals surface area contributed by atoms with E-state index in [1.807, 2.05) is 6.08 Å². The summed E-state index contributed by atoms with van der Waals surface area (Å²) in [5, 5.41) is 13.3. The molecular weight excluding hydrogens is 441 g/mol. The van der Waals surface area contributed by atoms with Gasteiger partial charge in [0.25, 0.3) is 0 Å². The highest BCUT2D eigenvalue weighted by atomic mass is 32.2. The average molecular weight is 472 g/mol. The summed E-state index contributed by atoms with van der Waals surface area (Å²) in [6, 6.07) is 4.80. The lowest BCUT2D eigenvalue weighted by Crippen LogP contribution is -2.43. The summed E-state index contributed by atoms with van der Waals surface area (Å²) in [7, 11) is 1.00. The number of fused-ring (bicyclic) bond motifs is 1. The van der Waals surface area contributed by atoms with E-state index in [0.717, 1.165) is 18.7 Å². The van der Waals surface area contributed by atoms with Crippen molar-refractivity contribution in [2.75, 3.05) is 7.05 Å². The fraction of sp³-hybridized carbons (Fsp3) is 0.400. The topological polar surface area (TPSA) is 72.9 Å². The second-order valence-electron chi connectivity index (χ2n) is 8.83. The number of hydrogen-bond acceptors (Lipinski definition) is 4. The molecule has 6 nitrogen and oxygen atoms in total. The van der Waals surface area contributed by atoms with Crippen LogP contribution in [0.5, 0.6) is 0 Å². The van der Waals surface area contributed by atoms with E-state index in [2.05, 4.69) is 35.5 Å². The third-order valence-corrected chi connectivity index (χ3v) is 7.91. The first kappa shape index (κ1) is 23.6. The van der Waals surface area contributed by atoms with Crippen LogP contribution in [0, 0.1) is 0 Å². The minimum absolute atomic E-state index is 0.141. The van der Waals surface area contributed by atoms with Crippen LogP contribution in [-0.2, 0) is 29.6 Å². The molecule has 2 aliphatic carbocycles. The number of nitrogens with one attached hydrogen (secondary N) is 1. The molecule has 1 aromatic rings. The third-order valence-electron chi connectivity index (χ3n) is 6.26. The normalized spacial score (nSPS) is 22.1. The van der Waals surface area contributed by atoms with Gasteiger partial charge in [0.2, 0.25) is 0 Å².